The van der Waals surface area contributed by atoms with Crippen LogP contribution in [0.25, 0.3) is 10.9 Å². The molecule has 0 spiro atoms. The molecule has 1 N–H and O–H groups in total. The van der Waals surface area contributed by atoms with E-state index in [1.54, 1.807) is 28.4 Å². The number of aromatic nitrogens is 1. The largest absolute Gasteiger partial charge is 0.497 e. The highest BCUT2D eigenvalue weighted by Gasteiger charge is 2.13. The summed E-state index contributed by atoms with van der Waals surface area (Å²) < 4.78 is 23.7. The number of fused-ring (bicyclic) bond motifs is 1. The van der Waals surface area contributed by atoms with Crippen molar-refractivity contribution in [3.8, 4) is 23.0 Å². The van der Waals surface area contributed by atoms with Crippen LogP contribution in [0.15, 0.2) is 66.9 Å². The van der Waals surface area contributed by atoms with Gasteiger partial charge < -0.3 is 28.8 Å². The van der Waals surface area contributed by atoms with Gasteiger partial charge in [0.25, 0.3) is 0 Å². The van der Waals surface area contributed by atoms with Crippen molar-refractivity contribution in [3.63, 3.8) is 0 Å². The van der Waals surface area contributed by atoms with Crippen LogP contribution in [0.2, 0.25) is 0 Å². The number of carbonyl (C=O) groups excluding carboxylic acids is 1. The van der Waals surface area contributed by atoms with Crippen molar-refractivity contribution in [2.75, 3.05) is 35.0 Å². The Labute approximate surface area is 211 Å². The van der Waals surface area contributed by atoms with Crippen LogP contribution in [0.1, 0.15) is 16.7 Å². The van der Waals surface area contributed by atoms with Gasteiger partial charge in [0.2, 0.25) is 5.91 Å². The first kappa shape index (κ1) is 25.0. The van der Waals surface area contributed by atoms with Gasteiger partial charge >= 0.3 is 0 Å². The van der Waals surface area contributed by atoms with Crippen LogP contribution in [0.5, 0.6) is 23.0 Å². The fraction of sp³-hybridized carbons (Fsp3) is 0.276. The third-order valence-electron chi connectivity index (χ3n) is 6.17. The Morgan fingerprint density at radius 2 is 1.53 bits per heavy atom. The van der Waals surface area contributed by atoms with Crippen molar-refractivity contribution < 1.29 is 23.7 Å². The average molecular weight is 489 g/mol. The summed E-state index contributed by atoms with van der Waals surface area (Å²) in [4.78, 5) is 12.8. The molecule has 36 heavy (non-hydrogen) atoms. The number of hydrogen-bond donors (Lipinski definition) is 1. The van der Waals surface area contributed by atoms with E-state index in [0.29, 0.717) is 37.4 Å². The third kappa shape index (κ3) is 5.74. The van der Waals surface area contributed by atoms with E-state index in [4.69, 9.17) is 18.9 Å². The van der Waals surface area contributed by atoms with Crippen LogP contribution in [0.4, 0.5) is 0 Å². The molecule has 0 aliphatic carbocycles. The molecule has 1 heterocycles. The predicted molar refractivity (Wildman–Crippen MR) is 141 cm³/mol. The molecule has 4 aromatic rings. The second-order valence-corrected chi connectivity index (χ2v) is 8.49. The normalized spacial score (nSPS) is 10.8. The summed E-state index contributed by atoms with van der Waals surface area (Å²) in [5, 5.41) is 4.12. The summed E-state index contributed by atoms with van der Waals surface area (Å²) in [6, 6.07) is 19.8. The second kappa shape index (κ2) is 11.5. The smallest absolute Gasteiger partial charge is 0.224 e. The minimum Gasteiger partial charge on any atom is -0.497 e. The molecule has 0 aliphatic rings. The van der Waals surface area contributed by atoms with Crippen molar-refractivity contribution >= 4 is 16.8 Å². The molecule has 0 aliphatic heterocycles. The first-order chi connectivity index (χ1) is 17.5. The van der Waals surface area contributed by atoms with Crippen LogP contribution in [0.3, 0.4) is 0 Å². The van der Waals surface area contributed by atoms with E-state index in [1.807, 2.05) is 48.5 Å². The molecule has 0 radical (unpaired) electrons. The summed E-state index contributed by atoms with van der Waals surface area (Å²) in [5.74, 6) is 2.85. The topological polar surface area (TPSA) is 71.0 Å². The highest BCUT2D eigenvalue weighted by atomic mass is 16.5. The molecule has 3 aromatic carbocycles. The molecule has 0 fully saturated rings. The Balaban J connectivity index is 1.45. The molecule has 0 unspecified atom stereocenters. The Morgan fingerprint density at radius 3 is 2.22 bits per heavy atom. The van der Waals surface area contributed by atoms with E-state index >= 15 is 0 Å². The van der Waals surface area contributed by atoms with Crippen LogP contribution in [-0.2, 0) is 24.2 Å². The number of nitrogens with zero attached hydrogens (tertiary/aromatic N) is 1. The number of hydrogen-bond acceptors (Lipinski definition) is 5. The SMILES string of the molecule is COc1cc(Cn2cc(CC(=O)NCCc3ccc(OC)c(OC)c3)c3ccccc32)cc(OC)c1. The van der Waals surface area contributed by atoms with Crippen LogP contribution < -0.4 is 24.3 Å². The summed E-state index contributed by atoms with van der Waals surface area (Å²) in [6.07, 6.45) is 3.07. The van der Waals surface area contributed by atoms with Crippen molar-refractivity contribution in [2.24, 2.45) is 0 Å². The van der Waals surface area contributed by atoms with Gasteiger partial charge in [-0.3, -0.25) is 4.79 Å². The monoisotopic (exact) mass is 488 g/mol. The molecule has 1 aromatic heterocycles. The standard InChI is InChI=1S/C29H32N2O5/c1-33-23-13-21(14-24(17-23)34-2)18-31-19-22(25-7-5-6-8-26(25)31)16-29(32)30-12-11-20-9-10-27(35-3)28(15-20)36-4/h5-10,13-15,17,19H,11-12,16,18H2,1-4H3,(H,30,32). The molecule has 7 heteroatoms. The summed E-state index contributed by atoms with van der Waals surface area (Å²) >= 11 is 0. The minimum absolute atomic E-state index is 0.0126. The number of benzene rings is 3. The maximum Gasteiger partial charge on any atom is 0.224 e. The lowest BCUT2D eigenvalue weighted by molar-refractivity contribution is -0.120. The summed E-state index contributed by atoms with van der Waals surface area (Å²) in [7, 11) is 6.52. The molecule has 7 nitrogen and oxygen atoms in total. The number of rotatable bonds is 11. The average Bonchev–Trinajstić information content (AvgIpc) is 3.24. The fourth-order valence-electron chi connectivity index (χ4n) is 4.37. The third-order valence-corrected chi connectivity index (χ3v) is 6.17. The first-order valence-electron chi connectivity index (χ1n) is 11.8. The van der Waals surface area contributed by atoms with Gasteiger partial charge in [0.05, 0.1) is 34.9 Å². The van der Waals surface area contributed by atoms with E-state index in [2.05, 4.69) is 28.2 Å². The van der Waals surface area contributed by atoms with E-state index < -0.39 is 0 Å². The molecular formula is C29H32N2O5. The number of amides is 1. The Bertz CT molecular complexity index is 1320. The van der Waals surface area contributed by atoms with Crippen molar-refractivity contribution in [2.45, 2.75) is 19.4 Å². The quantitative estimate of drug-likeness (QED) is 0.334. The number of carbonyl (C=O) groups is 1. The predicted octanol–water partition coefficient (Wildman–Crippen LogP) is 4.63. The maximum absolute atomic E-state index is 12.8. The summed E-state index contributed by atoms with van der Waals surface area (Å²) in [6.45, 7) is 1.17. The summed E-state index contributed by atoms with van der Waals surface area (Å²) in [5.41, 5.74) is 4.19. The molecule has 188 valence electrons. The van der Waals surface area contributed by atoms with Gasteiger partial charge in [-0.05, 0) is 53.4 Å². The number of methoxy groups -OCH3 is 4. The van der Waals surface area contributed by atoms with Crippen molar-refractivity contribution in [1.82, 2.24) is 9.88 Å². The van der Waals surface area contributed by atoms with Crippen LogP contribution >= 0.6 is 0 Å². The van der Waals surface area contributed by atoms with Gasteiger partial charge in [0.15, 0.2) is 11.5 Å². The zero-order valence-electron chi connectivity index (χ0n) is 21.2. The lowest BCUT2D eigenvalue weighted by atomic mass is 10.1. The van der Waals surface area contributed by atoms with E-state index in [9.17, 15) is 4.79 Å². The minimum atomic E-state index is -0.0126. The molecular weight excluding hydrogens is 456 g/mol. The second-order valence-electron chi connectivity index (χ2n) is 8.49. The van der Waals surface area contributed by atoms with E-state index in [0.717, 1.165) is 39.1 Å². The Hall–Kier alpha value is -4.13. The lowest BCUT2D eigenvalue weighted by Gasteiger charge is -2.10. The molecule has 0 bridgehead atoms. The highest BCUT2D eigenvalue weighted by molar-refractivity contribution is 5.89. The zero-order valence-corrected chi connectivity index (χ0v) is 21.2. The lowest BCUT2D eigenvalue weighted by Crippen LogP contribution is -2.27. The molecule has 0 atom stereocenters. The van der Waals surface area contributed by atoms with E-state index in [1.165, 1.54) is 0 Å². The van der Waals surface area contributed by atoms with Crippen molar-refractivity contribution in [1.29, 1.82) is 0 Å². The van der Waals surface area contributed by atoms with Gasteiger partial charge in [-0.1, -0.05) is 24.3 Å². The van der Waals surface area contributed by atoms with Crippen LogP contribution in [-0.4, -0.2) is 45.5 Å². The molecule has 4 rings (SSSR count). The fourth-order valence-corrected chi connectivity index (χ4v) is 4.37. The number of ether oxygens (including phenoxy) is 4. The number of para-hydroxylation sites is 1. The van der Waals surface area contributed by atoms with Gasteiger partial charge in [-0.15, -0.1) is 0 Å². The van der Waals surface area contributed by atoms with Gasteiger partial charge in [0, 0.05) is 36.3 Å². The Morgan fingerprint density at radius 1 is 0.806 bits per heavy atom. The van der Waals surface area contributed by atoms with Crippen LogP contribution in [0, 0.1) is 0 Å². The highest BCUT2D eigenvalue weighted by Crippen LogP contribution is 2.28. The number of nitrogens with one attached hydrogen (secondary N) is 1. The Kier molecular flexibility index (Phi) is 8.00. The maximum atomic E-state index is 12.8. The van der Waals surface area contributed by atoms with Gasteiger partial charge in [-0.25, -0.2) is 0 Å². The molecule has 0 saturated carbocycles. The van der Waals surface area contributed by atoms with E-state index in [-0.39, 0.29) is 5.91 Å². The molecule has 1 amide bonds. The van der Waals surface area contributed by atoms with Gasteiger partial charge in [-0.2, -0.15) is 0 Å². The first-order valence-corrected chi connectivity index (χ1v) is 11.8. The van der Waals surface area contributed by atoms with Crippen molar-refractivity contribution in [3.05, 3.63) is 83.6 Å². The zero-order chi connectivity index (χ0) is 25.5. The molecule has 0 saturated heterocycles. The van der Waals surface area contributed by atoms with Gasteiger partial charge in [0.1, 0.15) is 11.5 Å².